The summed E-state index contributed by atoms with van der Waals surface area (Å²) in [5.41, 5.74) is 0.937. The molecule has 0 saturated carbocycles. The van der Waals surface area contributed by atoms with Crippen molar-refractivity contribution in [2.45, 2.75) is 44.7 Å². The van der Waals surface area contributed by atoms with Crippen molar-refractivity contribution in [2.24, 2.45) is 0 Å². The van der Waals surface area contributed by atoms with Gasteiger partial charge in [-0.15, -0.1) is 0 Å². The molecule has 1 amide bonds. The van der Waals surface area contributed by atoms with Gasteiger partial charge in [0.2, 0.25) is 15.9 Å². The fourth-order valence-corrected chi connectivity index (χ4v) is 4.03. The lowest BCUT2D eigenvalue weighted by Crippen LogP contribution is -2.42. The number of nitrogens with one attached hydrogen (secondary N) is 1. The van der Waals surface area contributed by atoms with Gasteiger partial charge in [0.15, 0.2) is 0 Å². The molecule has 0 aliphatic heterocycles. The number of benzene rings is 1. The van der Waals surface area contributed by atoms with Gasteiger partial charge in [-0.1, -0.05) is 26.0 Å². The number of carbonyl (C=O) groups excluding carboxylic acids is 1. The maximum atomic E-state index is 12.5. The molecule has 0 spiro atoms. The summed E-state index contributed by atoms with van der Waals surface area (Å²) in [5.74, 6) is 0.00239. The van der Waals surface area contributed by atoms with E-state index >= 15 is 0 Å². The Morgan fingerprint density at radius 1 is 1.08 bits per heavy atom. The van der Waals surface area contributed by atoms with Crippen LogP contribution in [0.1, 0.15) is 39.3 Å². The molecule has 6 nitrogen and oxygen atoms in total. The molecule has 0 radical (unpaired) electrons. The molecule has 1 aromatic rings. The van der Waals surface area contributed by atoms with E-state index in [1.54, 1.807) is 43.3 Å². The fourth-order valence-electron chi connectivity index (χ4n) is 2.57. The van der Waals surface area contributed by atoms with Crippen LogP contribution < -0.4 is 5.32 Å². The zero-order chi connectivity index (χ0) is 18.5. The highest BCUT2D eigenvalue weighted by Gasteiger charge is 2.22. The summed E-state index contributed by atoms with van der Waals surface area (Å²) < 4.78 is 26.4. The van der Waals surface area contributed by atoms with Crippen LogP contribution in [0.3, 0.4) is 0 Å². The van der Waals surface area contributed by atoms with Crippen LogP contribution in [-0.2, 0) is 14.8 Å². The number of likely N-dealkylation sites (N-methyl/N-ethyl adjacent to an activating group) is 1. The molecule has 136 valence electrons. The predicted octanol–water partition coefficient (Wildman–Crippen LogP) is 1.84. The van der Waals surface area contributed by atoms with Crippen molar-refractivity contribution < 1.29 is 13.2 Å². The number of hydrogen-bond acceptors (Lipinski definition) is 4. The van der Waals surface area contributed by atoms with Crippen molar-refractivity contribution in [2.75, 3.05) is 27.2 Å². The van der Waals surface area contributed by atoms with Gasteiger partial charge in [0.25, 0.3) is 0 Å². The second kappa shape index (κ2) is 8.60. The van der Waals surface area contributed by atoms with Crippen LogP contribution in [0.15, 0.2) is 29.2 Å². The summed E-state index contributed by atoms with van der Waals surface area (Å²) in [5, 5.41) is 3.23. The van der Waals surface area contributed by atoms with E-state index < -0.39 is 10.0 Å². The van der Waals surface area contributed by atoms with Crippen LogP contribution in [0.5, 0.6) is 0 Å². The minimum Gasteiger partial charge on any atom is -0.347 e. The van der Waals surface area contributed by atoms with E-state index in [-0.39, 0.29) is 18.0 Å². The van der Waals surface area contributed by atoms with Gasteiger partial charge in [0, 0.05) is 33.2 Å². The molecule has 0 heterocycles. The highest BCUT2D eigenvalue weighted by molar-refractivity contribution is 7.89. The van der Waals surface area contributed by atoms with Gasteiger partial charge in [-0.05, 0) is 31.5 Å². The standard InChI is InChI=1S/C17H29N3O3S/c1-7-20(8-2)24(22,23)16-11-9-15(10-12-16)13(3)18-14(4)17(21)19(5)6/h9-14,18H,7-8H2,1-6H3/t13-,14-/m1/s1. The summed E-state index contributed by atoms with van der Waals surface area (Å²) in [4.78, 5) is 13.8. The van der Waals surface area contributed by atoms with Gasteiger partial charge in [-0.2, -0.15) is 4.31 Å². The number of carbonyl (C=O) groups is 1. The van der Waals surface area contributed by atoms with Crippen molar-refractivity contribution in [3.63, 3.8) is 0 Å². The summed E-state index contributed by atoms with van der Waals surface area (Å²) in [6.45, 7) is 8.31. The Kier molecular flexibility index (Phi) is 7.38. The zero-order valence-electron chi connectivity index (χ0n) is 15.4. The van der Waals surface area contributed by atoms with Crippen molar-refractivity contribution >= 4 is 15.9 Å². The Labute approximate surface area is 145 Å². The molecule has 7 heteroatoms. The Hall–Kier alpha value is -1.44. The third-order valence-corrected chi connectivity index (χ3v) is 6.10. The first-order chi connectivity index (χ1) is 11.1. The lowest BCUT2D eigenvalue weighted by molar-refractivity contribution is -0.130. The van der Waals surface area contributed by atoms with Gasteiger partial charge >= 0.3 is 0 Å². The Bertz CT molecular complexity index is 638. The molecule has 0 aliphatic carbocycles. The Balaban J connectivity index is 2.89. The van der Waals surface area contributed by atoms with E-state index in [9.17, 15) is 13.2 Å². The summed E-state index contributed by atoms with van der Waals surface area (Å²) in [6, 6.07) is 6.46. The molecule has 0 aromatic heterocycles. The summed E-state index contributed by atoms with van der Waals surface area (Å²) in [6.07, 6.45) is 0. The molecule has 1 aromatic carbocycles. The third kappa shape index (κ3) is 4.78. The summed E-state index contributed by atoms with van der Waals surface area (Å²) in [7, 11) is 0.00132. The largest absolute Gasteiger partial charge is 0.347 e. The second-order valence-corrected chi connectivity index (χ2v) is 7.94. The van der Waals surface area contributed by atoms with Crippen molar-refractivity contribution in [1.82, 2.24) is 14.5 Å². The van der Waals surface area contributed by atoms with Crippen molar-refractivity contribution in [3.8, 4) is 0 Å². The zero-order valence-corrected chi connectivity index (χ0v) is 16.2. The van der Waals surface area contributed by atoms with Crippen LogP contribution in [0, 0.1) is 0 Å². The minimum atomic E-state index is -3.44. The smallest absolute Gasteiger partial charge is 0.243 e. The Morgan fingerprint density at radius 2 is 1.58 bits per heavy atom. The predicted molar refractivity (Wildman–Crippen MR) is 96.3 cm³/mol. The van der Waals surface area contributed by atoms with E-state index in [4.69, 9.17) is 0 Å². The van der Waals surface area contributed by atoms with E-state index in [0.717, 1.165) is 5.56 Å². The molecule has 0 bridgehead atoms. The van der Waals surface area contributed by atoms with E-state index in [1.165, 1.54) is 4.31 Å². The highest BCUT2D eigenvalue weighted by Crippen LogP contribution is 2.19. The van der Waals surface area contributed by atoms with E-state index in [1.807, 2.05) is 27.7 Å². The maximum absolute atomic E-state index is 12.5. The molecular formula is C17H29N3O3S. The van der Waals surface area contributed by atoms with Crippen LogP contribution in [0.25, 0.3) is 0 Å². The maximum Gasteiger partial charge on any atom is 0.243 e. The molecule has 0 saturated heterocycles. The van der Waals surface area contributed by atoms with Gasteiger partial charge in [-0.3, -0.25) is 10.1 Å². The number of hydrogen-bond donors (Lipinski definition) is 1. The molecule has 1 rings (SSSR count). The van der Waals surface area contributed by atoms with Gasteiger partial charge in [0.05, 0.1) is 10.9 Å². The topological polar surface area (TPSA) is 69.7 Å². The quantitative estimate of drug-likeness (QED) is 0.772. The average Bonchev–Trinajstić information content (AvgIpc) is 2.54. The summed E-state index contributed by atoms with van der Waals surface area (Å²) >= 11 is 0. The molecule has 1 N–H and O–H groups in total. The van der Waals surface area contributed by atoms with Crippen molar-refractivity contribution in [3.05, 3.63) is 29.8 Å². The number of amides is 1. The van der Waals surface area contributed by atoms with Gasteiger partial charge in [-0.25, -0.2) is 8.42 Å². The van der Waals surface area contributed by atoms with Crippen LogP contribution in [0.4, 0.5) is 0 Å². The molecular weight excluding hydrogens is 326 g/mol. The lowest BCUT2D eigenvalue weighted by Gasteiger charge is -2.23. The molecule has 24 heavy (non-hydrogen) atoms. The first-order valence-electron chi connectivity index (χ1n) is 8.22. The monoisotopic (exact) mass is 355 g/mol. The first kappa shape index (κ1) is 20.6. The SMILES string of the molecule is CCN(CC)S(=O)(=O)c1ccc([C@@H](C)N[C@H](C)C(=O)N(C)C)cc1. The van der Waals surface area contributed by atoms with Crippen LogP contribution in [0.2, 0.25) is 0 Å². The molecule has 2 atom stereocenters. The normalized spacial score (nSPS) is 14.5. The van der Waals surface area contributed by atoms with Crippen molar-refractivity contribution in [1.29, 1.82) is 0 Å². The third-order valence-electron chi connectivity index (χ3n) is 4.03. The molecule has 0 unspecified atom stereocenters. The Morgan fingerprint density at radius 3 is 2.00 bits per heavy atom. The number of rotatable bonds is 8. The molecule has 0 aliphatic rings. The highest BCUT2D eigenvalue weighted by atomic mass is 32.2. The van der Waals surface area contributed by atoms with Crippen LogP contribution in [-0.4, -0.2) is 56.8 Å². The van der Waals surface area contributed by atoms with Crippen LogP contribution >= 0.6 is 0 Å². The van der Waals surface area contributed by atoms with E-state index in [0.29, 0.717) is 18.0 Å². The first-order valence-corrected chi connectivity index (χ1v) is 9.66. The minimum absolute atomic E-state index is 0.00239. The van der Waals surface area contributed by atoms with E-state index in [2.05, 4.69) is 5.32 Å². The number of sulfonamides is 1. The van der Waals surface area contributed by atoms with Gasteiger partial charge in [0.1, 0.15) is 0 Å². The fraction of sp³-hybridized carbons (Fsp3) is 0.588. The second-order valence-electron chi connectivity index (χ2n) is 6.00. The lowest BCUT2D eigenvalue weighted by atomic mass is 10.1. The molecule has 0 fully saturated rings. The van der Waals surface area contributed by atoms with Gasteiger partial charge < -0.3 is 4.90 Å². The number of nitrogens with zero attached hydrogens (tertiary/aromatic N) is 2. The average molecular weight is 356 g/mol.